The summed E-state index contributed by atoms with van der Waals surface area (Å²) in [6.07, 6.45) is 11.3. The van der Waals surface area contributed by atoms with Gasteiger partial charge in [-0.25, -0.2) is 0 Å². The summed E-state index contributed by atoms with van der Waals surface area (Å²) in [6.45, 7) is 10.8. The van der Waals surface area contributed by atoms with Gasteiger partial charge in [-0.3, -0.25) is 0 Å². The highest BCUT2D eigenvalue weighted by Gasteiger charge is 2.11. The number of rotatable bonds is 18. The first-order chi connectivity index (χ1) is 11.8. The number of unbranched alkanes of at least 4 members (excludes halogenated alkanes) is 5. The summed E-state index contributed by atoms with van der Waals surface area (Å²) in [6, 6.07) is 0. The number of hydrogen-bond donors (Lipinski definition) is 0. The number of hydrogen-bond acceptors (Lipinski definition) is 4. The zero-order valence-corrected chi connectivity index (χ0v) is 16.5. The van der Waals surface area contributed by atoms with Crippen molar-refractivity contribution in [3.63, 3.8) is 0 Å². The van der Waals surface area contributed by atoms with E-state index in [1.54, 1.807) is 0 Å². The second-order valence-corrected chi connectivity index (χ2v) is 6.10. The van der Waals surface area contributed by atoms with Gasteiger partial charge in [-0.2, -0.15) is 0 Å². The van der Waals surface area contributed by atoms with Crippen molar-refractivity contribution in [2.45, 2.75) is 91.9 Å². The Morgan fingerprint density at radius 2 is 1.25 bits per heavy atom. The fourth-order valence-corrected chi connectivity index (χ4v) is 2.22. The van der Waals surface area contributed by atoms with Crippen LogP contribution >= 0.6 is 0 Å². The summed E-state index contributed by atoms with van der Waals surface area (Å²) >= 11 is 0. The van der Waals surface area contributed by atoms with Crippen molar-refractivity contribution >= 4 is 0 Å². The van der Waals surface area contributed by atoms with Gasteiger partial charge in [0.1, 0.15) is 0 Å². The van der Waals surface area contributed by atoms with Crippen LogP contribution in [0.15, 0.2) is 11.7 Å². The van der Waals surface area contributed by atoms with Gasteiger partial charge in [-0.05, 0) is 25.7 Å². The van der Waals surface area contributed by atoms with Crippen molar-refractivity contribution in [1.29, 1.82) is 0 Å². The molecule has 24 heavy (non-hydrogen) atoms. The van der Waals surface area contributed by atoms with E-state index in [0.29, 0.717) is 19.2 Å². The fourth-order valence-electron chi connectivity index (χ4n) is 2.22. The molecule has 0 aromatic rings. The van der Waals surface area contributed by atoms with E-state index in [2.05, 4.69) is 27.7 Å². The molecule has 4 nitrogen and oxygen atoms in total. The molecule has 0 atom stereocenters. The summed E-state index contributed by atoms with van der Waals surface area (Å²) in [5, 5.41) is 0. The van der Waals surface area contributed by atoms with Crippen LogP contribution in [0.1, 0.15) is 91.9 Å². The van der Waals surface area contributed by atoms with Gasteiger partial charge in [-0.1, -0.05) is 59.8 Å². The minimum Gasteiger partial charge on any atom is -0.491 e. The first kappa shape index (κ1) is 23.1. The van der Waals surface area contributed by atoms with E-state index in [1.807, 2.05) is 0 Å². The van der Waals surface area contributed by atoms with Gasteiger partial charge in [0.2, 0.25) is 0 Å². The lowest BCUT2D eigenvalue weighted by Gasteiger charge is -2.17. The van der Waals surface area contributed by atoms with Crippen LogP contribution in [0.2, 0.25) is 0 Å². The van der Waals surface area contributed by atoms with Crippen LogP contribution in [0.4, 0.5) is 0 Å². The number of ether oxygens (including phenoxy) is 4. The molecule has 0 aliphatic rings. The Balaban J connectivity index is 4.11. The van der Waals surface area contributed by atoms with E-state index in [9.17, 15) is 0 Å². The minimum atomic E-state index is 0.233. The molecule has 0 heterocycles. The largest absolute Gasteiger partial charge is 0.491 e. The Bertz CT molecular complexity index is 289. The molecule has 4 heteroatoms. The van der Waals surface area contributed by atoms with Gasteiger partial charge >= 0.3 is 5.95 Å². The van der Waals surface area contributed by atoms with Crippen LogP contribution in [0.3, 0.4) is 0 Å². The molecule has 0 saturated carbocycles. The maximum absolute atomic E-state index is 5.80. The van der Waals surface area contributed by atoms with Crippen molar-refractivity contribution < 1.29 is 18.9 Å². The molecule has 144 valence electrons. The lowest BCUT2D eigenvalue weighted by atomic mass is 10.1. The average molecular weight is 345 g/mol. The molecule has 0 aliphatic heterocycles. The summed E-state index contributed by atoms with van der Waals surface area (Å²) in [5.41, 5.74) is 0. The predicted octanol–water partition coefficient (Wildman–Crippen LogP) is 6.16. The molecule has 0 saturated heterocycles. The molecule has 0 amide bonds. The molecule has 0 rings (SSSR count). The monoisotopic (exact) mass is 344 g/mol. The van der Waals surface area contributed by atoms with Crippen molar-refractivity contribution in [3.8, 4) is 0 Å². The second-order valence-electron chi connectivity index (χ2n) is 6.10. The summed E-state index contributed by atoms with van der Waals surface area (Å²) < 4.78 is 22.8. The highest BCUT2D eigenvalue weighted by atomic mass is 16.7. The third-order valence-corrected chi connectivity index (χ3v) is 3.54. The van der Waals surface area contributed by atoms with Crippen LogP contribution in [0.5, 0.6) is 0 Å². The Morgan fingerprint density at radius 1 is 0.583 bits per heavy atom. The van der Waals surface area contributed by atoms with E-state index in [1.165, 1.54) is 32.1 Å². The lowest BCUT2D eigenvalue weighted by molar-refractivity contribution is -0.0840. The van der Waals surface area contributed by atoms with E-state index in [0.717, 1.165) is 44.5 Å². The topological polar surface area (TPSA) is 36.9 Å². The summed E-state index contributed by atoms with van der Waals surface area (Å²) in [7, 11) is 0. The molecule has 0 aromatic heterocycles. The Morgan fingerprint density at radius 3 is 1.92 bits per heavy atom. The molecule has 0 N–H and O–H groups in total. The molecule has 0 spiro atoms. The van der Waals surface area contributed by atoms with Crippen LogP contribution in [0.25, 0.3) is 0 Å². The Labute approximate surface area is 149 Å². The van der Waals surface area contributed by atoms with Crippen LogP contribution < -0.4 is 0 Å². The van der Waals surface area contributed by atoms with Gasteiger partial charge in [0.15, 0.2) is 12.6 Å². The van der Waals surface area contributed by atoms with E-state index in [4.69, 9.17) is 18.9 Å². The third kappa shape index (κ3) is 13.5. The van der Waals surface area contributed by atoms with Gasteiger partial charge in [0.25, 0.3) is 0 Å². The van der Waals surface area contributed by atoms with Crippen LogP contribution in [-0.2, 0) is 18.9 Å². The second kappa shape index (κ2) is 18.4. The van der Waals surface area contributed by atoms with E-state index in [-0.39, 0.29) is 6.79 Å². The van der Waals surface area contributed by atoms with Gasteiger partial charge in [-0.15, -0.1) is 0 Å². The predicted molar refractivity (Wildman–Crippen MR) is 99.7 cm³/mol. The van der Waals surface area contributed by atoms with Crippen molar-refractivity contribution in [3.05, 3.63) is 11.7 Å². The van der Waals surface area contributed by atoms with Crippen molar-refractivity contribution in [2.75, 3.05) is 26.6 Å². The molecular weight excluding hydrogens is 304 g/mol. The van der Waals surface area contributed by atoms with Crippen molar-refractivity contribution in [2.24, 2.45) is 0 Å². The van der Waals surface area contributed by atoms with E-state index >= 15 is 0 Å². The molecule has 0 aliphatic carbocycles. The molecule has 0 fully saturated rings. The zero-order chi connectivity index (χ0) is 17.9. The minimum absolute atomic E-state index is 0.233. The van der Waals surface area contributed by atoms with Crippen LogP contribution in [0, 0.1) is 0 Å². The SMILES string of the molecule is CCCCCCCCOCO/C(OCCC)=C(/CCC)OCCC. The van der Waals surface area contributed by atoms with Gasteiger partial charge in [0, 0.05) is 6.42 Å². The Kier molecular flexibility index (Phi) is 17.7. The normalized spacial score (nSPS) is 12.0. The van der Waals surface area contributed by atoms with Crippen LogP contribution in [-0.4, -0.2) is 26.6 Å². The summed E-state index contributed by atoms with van der Waals surface area (Å²) in [4.78, 5) is 0. The third-order valence-electron chi connectivity index (χ3n) is 3.54. The smallest absolute Gasteiger partial charge is 0.321 e. The fraction of sp³-hybridized carbons (Fsp3) is 0.900. The maximum Gasteiger partial charge on any atom is 0.321 e. The average Bonchev–Trinajstić information content (AvgIpc) is 2.60. The quantitative estimate of drug-likeness (QED) is 0.169. The van der Waals surface area contributed by atoms with Gasteiger partial charge in [0.05, 0.1) is 19.8 Å². The molecule has 0 radical (unpaired) electrons. The standard InChI is InChI=1S/C20H40O4/c1-5-9-10-11-12-13-17-21-18-24-20(23-16-8-4)19(14-6-2)22-15-7-3/h5-18H2,1-4H3/b20-19-. The summed E-state index contributed by atoms with van der Waals surface area (Å²) in [5.74, 6) is 1.33. The van der Waals surface area contributed by atoms with Gasteiger partial charge < -0.3 is 18.9 Å². The first-order valence-corrected chi connectivity index (χ1v) is 9.99. The maximum atomic E-state index is 5.80. The highest BCUT2D eigenvalue weighted by Crippen LogP contribution is 2.16. The zero-order valence-electron chi connectivity index (χ0n) is 16.5. The molecule has 0 aromatic carbocycles. The van der Waals surface area contributed by atoms with E-state index < -0.39 is 0 Å². The highest BCUT2D eigenvalue weighted by molar-refractivity contribution is 4.95. The molecule has 0 bridgehead atoms. The molecule has 0 unspecified atom stereocenters. The number of allylic oxidation sites excluding steroid dienone is 1. The lowest BCUT2D eigenvalue weighted by Crippen LogP contribution is -2.10. The van der Waals surface area contributed by atoms with Crippen molar-refractivity contribution in [1.82, 2.24) is 0 Å². The Hall–Kier alpha value is -0.900. The molecular formula is C20H40O4. The first-order valence-electron chi connectivity index (χ1n) is 9.99.